The maximum Gasteiger partial charge on any atom is 0.226 e. The Bertz CT molecular complexity index is 1510. The smallest absolute Gasteiger partial charge is 0.226 e. The number of anilines is 1. The predicted molar refractivity (Wildman–Crippen MR) is 150 cm³/mol. The molecule has 0 aliphatic carbocycles. The number of piperazine rings is 1. The van der Waals surface area contributed by atoms with E-state index >= 15 is 0 Å². The number of hydrogen-bond donors (Lipinski definition) is 3. The Balaban J connectivity index is 1.50. The highest BCUT2D eigenvalue weighted by Gasteiger charge is 2.24. The molecule has 11 heteroatoms. The van der Waals surface area contributed by atoms with Gasteiger partial charge in [-0.1, -0.05) is 19.9 Å². The third-order valence-electron chi connectivity index (χ3n) is 6.67. The van der Waals surface area contributed by atoms with Gasteiger partial charge in [0.25, 0.3) is 0 Å². The minimum absolute atomic E-state index is 0.0678. The lowest BCUT2D eigenvalue weighted by atomic mass is 10.1. The van der Waals surface area contributed by atoms with Crippen molar-refractivity contribution in [3.63, 3.8) is 0 Å². The van der Waals surface area contributed by atoms with Crippen LogP contribution in [0.2, 0.25) is 0 Å². The van der Waals surface area contributed by atoms with Crippen molar-refractivity contribution in [2.75, 3.05) is 38.5 Å². The Kier molecular flexibility index (Phi) is 7.01. The largest absolute Gasteiger partial charge is 0.367 e. The molecule has 5 rings (SSSR count). The predicted octanol–water partition coefficient (Wildman–Crippen LogP) is 3.94. The molecule has 0 saturated carbocycles. The van der Waals surface area contributed by atoms with Crippen LogP contribution in [-0.2, 0) is 4.79 Å². The van der Waals surface area contributed by atoms with Gasteiger partial charge in [-0.15, -0.1) is 0 Å². The van der Waals surface area contributed by atoms with E-state index in [4.69, 9.17) is 9.97 Å². The van der Waals surface area contributed by atoms with E-state index in [9.17, 15) is 4.79 Å². The number of fused-ring (bicyclic) bond motifs is 1. The average Bonchev–Trinajstić information content (AvgIpc) is 3.54. The summed E-state index contributed by atoms with van der Waals surface area (Å²) in [6.45, 7) is 13.3. The zero-order chi connectivity index (χ0) is 26.8. The van der Waals surface area contributed by atoms with Gasteiger partial charge in [0.2, 0.25) is 5.91 Å². The molecule has 5 heterocycles. The molecule has 0 bridgehead atoms. The van der Waals surface area contributed by atoms with Crippen LogP contribution in [0.1, 0.15) is 26.5 Å². The molecule has 0 aromatic carbocycles. The Labute approximate surface area is 221 Å². The molecule has 1 saturated heterocycles. The van der Waals surface area contributed by atoms with Gasteiger partial charge < -0.3 is 20.1 Å². The van der Waals surface area contributed by atoms with Gasteiger partial charge in [0.1, 0.15) is 11.2 Å². The number of amides is 1. The monoisotopic (exact) mass is 512 g/mol. The Morgan fingerprint density at radius 1 is 1.18 bits per heavy atom. The maximum atomic E-state index is 12.1. The number of likely N-dealkylation sites (N-methyl/N-ethyl adjacent to an activating group) is 1. The first-order valence-electron chi connectivity index (χ1n) is 12.7. The average molecular weight is 513 g/mol. The number of nitrogens with zero attached hydrogens (tertiary/aromatic N) is 7. The van der Waals surface area contributed by atoms with E-state index in [-0.39, 0.29) is 11.8 Å². The second-order valence-electron chi connectivity index (χ2n) is 9.68. The molecule has 11 nitrogen and oxygen atoms in total. The molecule has 4 aromatic heterocycles. The van der Waals surface area contributed by atoms with Crippen LogP contribution in [0.3, 0.4) is 0 Å². The van der Waals surface area contributed by atoms with Crippen LogP contribution in [0.4, 0.5) is 11.5 Å². The normalized spacial score (nSPS) is 14.9. The van der Waals surface area contributed by atoms with Gasteiger partial charge in [-0.3, -0.25) is 14.9 Å². The van der Waals surface area contributed by atoms with Crippen molar-refractivity contribution in [3.8, 4) is 22.8 Å². The molecule has 0 radical (unpaired) electrons. The molecule has 1 fully saturated rings. The summed E-state index contributed by atoms with van der Waals surface area (Å²) >= 11 is 0. The van der Waals surface area contributed by atoms with Gasteiger partial charge in [0.15, 0.2) is 17.3 Å². The van der Waals surface area contributed by atoms with Gasteiger partial charge in [0.05, 0.1) is 28.8 Å². The fourth-order valence-electron chi connectivity index (χ4n) is 4.46. The van der Waals surface area contributed by atoms with Crippen LogP contribution in [0, 0.1) is 5.92 Å². The molecule has 0 unspecified atom stereocenters. The third-order valence-corrected chi connectivity index (χ3v) is 6.67. The van der Waals surface area contributed by atoms with Crippen LogP contribution >= 0.6 is 0 Å². The SMILES string of the molecule is C=Nc1nc(-c2n[nH]c3ccc(-c4cncc(NC(=O)C(C)C)c4)nc23)[nH]c1/C(=C\C)N1CCN(C)CC1. The molecule has 4 aromatic rings. The summed E-state index contributed by atoms with van der Waals surface area (Å²) < 4.78 is 0. The van der Waals surface area contributed by atoms with Crippen LogP contribution in [0.25, 0.3) is 39.5 Å². The summed E-state index contributed by atoms with van der Waals surface area (Å²) in [7, 11) is 2.13. The summed E-state index contributed by atoms with van der Waals surface area (Å²) in [5.41, 5.74) is 5.98. The number of hydrogen-bond acceptors (Lipinski definition) is 8. The first-order chi connectivity index (χ1) is 18.4. The lowest BCUT2D eigenvalue weighted by Gasteiger charge is -2.35. The lowest BCUT2D eigenvalue weighted by Crippen LogP contribution is -2.43. The number of aromatic amines is 2. The van der Waals surface area contributed by atoms with Crippen molar-refractivity contribution in [3.05, 3.63) is 42.4 Å². The van der Waals surface area contributed by atoms with E-state index in [1.807, 2.05) is 39.0 Å². The number of imidazole rings is 1. The van der Waals surface area contributed by atoms with E-state index in [2.05, 4.69) is 60.1 Å². The second-order valence-corrected chi connectivity index (χ2v) is 9.68. The summed E-state index contributed by atoms with van der Waals surface area (Å²) in [6, 6.07) is 5.68. The number of rotatable bonds is 7. The molecule has 1 amide bonds. The van der Waals surface area contributed by atoms with E-state index in [0.29, 0.717) is 34.2 Å². The fourth-order valence-corrected chi connectivity index (χ4v) is 4.46. The van der Waals surface area contributed by atoms with Gasteiger partial charge in [-0.25, -0.2) is 15.0 Å². The zero-order valence-electron chi connectivity index (χ0n) is 22.1. The molecule has 196 valence electrons. The van der Waals surface area contributed by atoms with E-state index in [1.54, 1.807) is 12.4 Å². The summed E-state index contributed by atoms with van der Waals surface area (Å²) in [5.74, 6) is 0.885. The van der Waals surface area contributed by atoms with Gasteiger partial charge >= 0.3 is 0 Å². The van der Waals surface area contributed by atoms with E-state index < -0.39 is 0 Å². The number of H-pyrrole nitrogens is 2. The van der Waals surface area contributed by atoms with Gasteiger partial charge in [0, 0.05) is 43.9 Å². The maximum absolute atomic E-state index is 12.1. The number of aromatic nitrogens is 6. The highest BCUT2D eigenvalue weighted by molar-refractivity contribution is 5.93. The quantitative estimate of drug-likeness (QED) is 0.320. The van der Waals surface area contributed by atoms with Crippen molar-refractivity contribution in [2.45, 2.75) is 20.8 Å². The van der Waals surface area contributed by atoms with Gasteiger partial charge in [-0.2, -0.15) is 5.10 Å². The highest BCUT2D eigenvalue weighted by atomic mass is 16.1. The highest BCUT2D eigenvalue weighted by Crippen LogP contribution is 2.33. The van der Waals surface area contributed by atoms with E-state index in [1.165, 1.54) is 0 Å². The van der Waals surface area contributed by atoms with Crippen LogP contribution < -0.4 is 5.32 Å². The van der Waals surface area contributed by atoms with Crippen LogP contribution in [0.15, 0.2) is 41.7 Å². The number of aliphatic imine (C=N–C) groups is 1. The Morgan fingerprint density at radius 2 is 1.97 bits per heavy atom. The number of nitrogens with one attached hydrogen (secondary N) is 3. The lowest BCUT2D eigenvalue weighted by molar-refractivity contribution is -0.118. The Morgan fingerprint density at radius 3 is 2.68 bits per heavy atom. The molecule has 1 aliphatic rings. The molecule has 0 atom stereocenters. The number of carbonyl (C=O) groups is 1. The minimum Gasteiger partial charge on any atom is -0.367 e. The van der Waals surface area contributed by atoms with Crippen molar-refractivity contribution in [1.82, 2.24) is 39.9 Å². The number of carbonyl (C=O) groups excluding carboxylic acids is 1. The van der Waals surface area contributed by atoms with Crippen LogP contribution in [0.5, 0.6) is 0 Å². The third kappa shape index (κ3) is 4.92. The number of allylic oxidation sites excluding steroid dienone is 1. The molecule has 38 heavy (non-hydrogen) atoms. The summed E-state index contributed by atoms with van der Waals surface area (Å²) in [6.07, 6.45) is 5.42. The Hall–Kier alpha value is -4.38. The molecular weight excluding hydrogens is 480 g/mol. The summed E-state index contributed by atoms with van der Waals surface area (Å²) in [5, 5.41) is 10.5. The first kappa shape index (κ1) is 25.3. The first-order valence-corrected chi connectivity index (χ1v) is 12.7. The second kappa shape index (κ2) is 10.5. The summed E-state index contributed by atoms with van der Waals surface area (Å²) in [4.78, 5) is 38.3. The van der Waals surface area contributed by atoms with Crippen molar-refractivity contribution >= 4 is 40.9 Å². The number of pyridine rings is 2. The zero-order valence-corrected chi connectivity index (χ0v) is 22.1. The topological polar surface area (TPSA) is 131 Å². The molecule has 3 N–H and O–H groups in total. The van der Waals surface area contributed by atoms with Gasteiger partial charge in [-0.05, 0) is 38.9 Å². The van der Waals surface area contributed by atoms with Crippen molar-refractivity contribution in [2.24, 2.45) is 10.9 Å². The van der Waals surface area contributed by atoms with Crippen LogP contribution in [-0.4, -0.2) is 85.8 Å². The van der Waals surface area contributed by atoms with Crippen molar-refractivity contribution in [1.29, 1.82) is 0 Å². The van der Waals surface area contributed by atoms with E-state index in [0.717, 1.165) is 48.7 Å². The fraction of sp³-hybridized carbons (Fsp3) is 0.333. The minimum atomic E-state index is -0.130. The molecule has 1 aliphatic heterocycles. The molecular formula is C27H32N10O. The molecule has 0 spiro atoms. The van der Waals surface area contributed by atoms with Crippen molar-refractivity contribution < 1.29 is 4.79 Å². The standard InChI is InChI=1S/C27H32N10O/c1-6-21(37-11-9-36(5)10-12-37)23-25(28-4)33-26(32-23)24-22-20(34-35-24)8-7-19(31-22)17-13-18(15-29-14-17)30-27(38)16(2)3/h6-8,13-16H,4,9-12H2,1-3,5H3,(H,30,38)(H,32,33)(H,34,35)/b21-6+.